The third-order valence-electron chi connectivity index (χ3n) is 4.19. The van der Waals surface area contributed by atoms with Crippen LogP contribution in [0.3, 0.4) is 0 Å². The van der Waals surface area contributed by atoms with Crippen LogP contribution in [-0.2, 0) is 6.54 Å². The molecule has 6 heteroatoms. The molecule has 144 valence electrons. The normalized spacial score (nSPS) is 11.5. The Kier molecular flexibility index (Phi) is 6.91. The van der Waals surface area contributed by atoms with Crippen LogP contribution in [0, 0.1) is 12.3 Å². The van der Waals surface area contributed by atoms with Gasteiger partial charge in [0, 0.05) is 10.6 Å². The number of hydrogen-bond donors (Lipinski definition) is 0. The maximum Gasteiger partial charge on any atom is 0.279 e. The lowest BCUT2D eigenvalue weighted by molar-refractivity contribution is 0.0997. The fraction of sp³-hybridized carbons (Fsp3) is 0.273. The van der Waals surface area contributed by atoms with Gasteiger partial charge in [-0.3, -0.25) is 4.79 Å². The van der Waals surface area contributed by atoms with E-state index in [1.165, 1.54) is 11.3 Å². The minimum Gasteiger partial charge on any atom is -0.494 e. The Labute approximate surface area is 173 Å². The lowest BCUT2D eigenvalue weighted by atomic mass is 10.2. The van der Waals surface area contributed by atoms with Crippen molar-refractivity contribution in [1.29, 1.82) is 0 Å². The molecule has 0 radical (unpaired) electrons. The predicted molar refractivity (Wildman–Crippen MR) is 115 cm³/mol. The fourth-order valence-electron chi connectivity index (χ4n) is 2.79. The van der Waals surface area contributed by atoms with Crippen molar-refractivity contribution in [3.05, 3.63) is 57.9 Å². The summed E-state index contributed by atoms with van der Waals surface area (Å²) in [5.41, 5.74) is 1.39. The van der Waals surface area contributed by atoms with E-state index in [2.05, 4.69) is 17.8 Å². The Morgan fingerprint density at radius 3 is 2.93 bits per heavy atom. The van der Waals surface area contributed by atoms with Crippen LogP contribution in [0.25, 0.3) is 10.2 Å². The standard InChI is InChI=1S/C22H21ClN2O2S/c1-3-5-6-13-27-18-9-7-8-16(14-18)21(26)24-22-25(12-4-2)19-11-10-17(23)15-20(19)28-22/h2,7-11,14-15H,3,5-6,12-13H2,1H3. The zero-order valence-corrected chi connectivity index (χ0v) is 17.2. The summed E-state index contributed by atoms with van der Waals surface area (Å²) in [6.07, 6.45) is 8.76. The number of ether oxygens (including phenoxy) is 1. The van der Waals surface area contributed by atoms with Gasteiger partial charge >= 0.3 is 0 Å². The monoisotopic (exact) mass is 412 g/mol. The number of rotatable bonds is 7. The van der Waals surface area contributed by atoms with Gasteiger partial charge in [-0.15, -0.1) is 6.42 Å². The number of fused-ring (bicyclic) bond motifs is 1. The second-order valence-electron chi connectivity index (χ2n) is 6.29. The fourth-order valence-corrected chi connectivity index (χ4v) is 4.09. The zero-order valence-electron chi connectivity index (χ0n) is 15.7. The van der Waals surface area contributed by atoms with Crippen LogP contribution in [-0.4, -0.2) is 17.1 Å². The second kappa shape index (κ2) is 9.59. The number of thiazole rings is 1. The number of carbonyl (C=O) groups excluding carboxylic acids is 1. The molecule has 0 bridgehead atoms. The number of aromatic nitrogens is 1. The smallest absolute Gasteiger partial charge is 0.279 e. The van der Waals surface area contributed by atoms with Crippen molar-refractivity contribution < 1.29 is 9.53 Å². The quantitative estimate of drug-likeness (QED) is 0.390. The van der Waals surface area contributed by atoms with Gasteiger partial charge in [-0.2, -0.15) is 4.99 Å². The van der Waals surface area contributed by atoms with Gasteiger partial charge in [0.15, 0.2) is 4.80 Å². The summed E-state index contributed by atoms with van der Waals surface area (Å²) in [5.74, 6) is 2.96. The van der Waals surface area contributed by atoms with Gasteiger partial charge in [-0.1, -0.05) is 54.7 Å². The largest absolute Gasteiger partial charge is 0.494 e. The molecular weight excluding hydrogens is 392 g/mol. The number of carbonyl (C=O) groups is 1. The van der Waals surface area contributed by atoms with Crippen LogP contribution >= 0.6 is 22.9 Å². The molecule has 0 atom stereocenters. The minimum atomic E-state index is -0.331. The number of nitrogens with zero attached hydrogens (tertiary/aromatic N) is 2. The molecule has 0 aliphatic rings. The van der Waals surface area contributed by atoms with E-state index in [1.807, 2.05) is 22.8 Å². The number of hydrogen-bond acceptors (Lipinski definition) is 3. The van der Waals surface area contributed by atoms with E-state index >= 15 is 0 Å². The summed E-state index contributed by atoms with van der Waals surface area (Å²) in [6.45, 7) is 3.12. The first-order valence-corrected chi connectivity index (χ1v) is 10.4. The SMILES string of the molecule is C#CCn1c(=NC(=O)c2cccc(OCCCCC)c2)sc2cc(Cl)ccc21. The molecule has 0 fully saturated rings. The van der Waals surface area contributed by atoms with E-state index in [1.54, 1.807) is 24.3 Å². The first kappa shape index (κ1) is 20.2. The van der Waals surface area contributed by atoms with Crippen LogP contribution in [0.2, 0.25) is 5.02 Å². The minimum absolute atomic E-state index is 0.328. The van der Waals surface area contributed by atoms with E-state index in [9.17, 15) is 4.79 Å². The number of benzene rings is 2. The second-order valence-corrected chi connectivity index (χ2v) is 7.73. The molecule has 3 aromatic rings. The summed E-state index contributed by atoms with van der Waals surface area (Å²) in [6, 6.07) is 12.7. The van der Waals surface area contributed by atoms with Crippen LogP contribution in [0.1, 0.15) is 36.5 Å². The van der Waals surface area contributed by atoms with Crippen molar-refractivity contribution in [3.63, 3.8) is 0 Å². The van der Waals surface area contributed by atoms with Gasteiger partial charge < -0.3 is 9.30 Å². The Morgan fingerprint density at radius 2 is 2.14 bits per heavy atom. The highest BCUT2D eigenvalue weighted by Crippen LogP contribution is 2.22. The summed E-state index contributed by atoms with van der Waals surface area (Å²) in [5, 5.41) is 0.632. The maximum absolute atomic E-state index is 12.7. The van der Waals surface area contributed by atoms with E-state index in [4.69, 9.17) is 22.8 Å². The van der Waals surface area contributed by atoms with Crippen molar-refractivity contribution in [1.82, 2.24) is 4.57 Å². The Balaban J connectivity index is 1.90. The average Bonchev–Trinajstić information content (AvgIpc) is 3.02. The van der Waals surface area contributed by atoms with Crippen molar-refractivity contribution >= 4 is 39.1 Å². The molecule has 2 aromatic carbocycles. The van der Waals surface area contributed by atoms with Gasteiger partial charge in [0.25, 0.3) is 5.91 Å². The third kappa shape index (κ3) is 4.83. The molecule has 0 unspecified atom stereocenters. The van der Waals surface area contributed by atoms with Crippen molar-refractivity contribution in [2.45, 2.75) is 32.7 Å². The zero-order chi connectivity index (χ0) is 19.9. The topological polar surface area (TPSA) is 43.6 Å². The molecule has 0 spiro atoms. The first-order valence-electron chi connectivity index (χ1n) is 9.16. The van der Waals surface area contributed by atoms with Gasteiger partial charge in [-0.05, 0) is 42.8 Å². The highest BCUT2D eigenvalue weighted by molar-refractivity contribution is 7.16. The predicted octanol–water partition coefficient (Wildman–Crippen LogP) is 5.30. The average molecular weight is 413 g/mol. The lowest BCUT2D eigenvalue weighted by Gasteiger charge is -2.06. The highest BCUT2D eigenvalue weighted by atomic mass is 35.5. The van der Waals surface area contributed by atoms with Gasteiger partial charge in [0.05, 0.1) is 23.4 Å². The Bertz CT molecular complexity index is 1090. The van der Waals surface area contributed by atoms with Gasteiger partial charge in [0.2, 0.25) is 0 Å². The highest BCUT2D eigenvalue weighted by Gasteiger charge is 2.10. The van der Waals surface area contributed by atoms with Gasteiger partial charge in [0.1, 0.15) is 5.75 Å². The number of terminal acetylenes is 1. The van der Waals surface area contributed by atoms with Crippen LogP contribution < -0.4 is 9.54 Å². The number of amides is 1. The van der Waals surface area contributed by atoms with Crippen LogP contribution in [0.4, 0.5) is 0 Å². The summed E-state index contributed by atoms with van der Waals surface area (Å²) in [4.78, 5) is 17.6. The molecule has 0 N–H and O–H groups in total. The van der Waals surface area contributed by atoms with Crippen molar-refractivity contribution in [3.8, 4) is 18.1 Å². The summed E-state index contributed by atoms with van der Waals surface area (Å²) < 4.78 is 8.51. The molecule has 0 aliphatic heterocycles. The van der Waals surface area contributed by atoms with Crippen LogP contribution in [0.5, 0.6) is 5.75 Å². The molecule has 1 aromatic heterocycles. The number of halogens is 1. The molecule has 3 rings (SSSR count). The molecule has 4 nitrogen and oxygen atoms in total. The molecular formula is C22H21ClN2O2S. The van der Waals surface area contributed by atoms with E-state index < -0.39 is 0 Å². The summed E-state index contributed by atoms with van der Waals surface area (Å²) in [7, 11) is 0. The maximum atomic E-state index is 12.7. The molecule has 1 heterocycles. The summed E-state index contributed by atoms with van der Waals surface area (Å²) >= 11 is 7.47. The Morgan fingerprint density at radius 1 is 1.29 bits per heavy atom. The Hall–Kier alpha value is -2.55. The first-order chi connectivity index (χ1) is 13.6. The molecule has 0 saturated carbocycles. The van der Waals surface area contributed by atoms with E-state index in [0.717, 1.165) is 29.5 Å². The van der Waals surface area contributed by atoms with Crippen LogP contribution in [0.15, 0.2) is 47.5 Å². The van der Waals surface area contributed by atoms with Gasteiger partial charge in [-0.25, -0.2) is 0 Å². The van der Waals surface area contributed by atoms with Crippen molar-refractivity contribution in [2.24, 2.45) is 4.99 Å². The third-order valence-corrected chi connectivity index (χ3v) is 5.47. The molecule has 1 amide bonds. The molecule has 0 aliphatic carbocycles. The molecule has 0 saturated heterocycles. The van der Waals surface area contributed by atoms with Crippen molar-refractivity contribution in [2.75, 3.05) is 6.61 Å². The van der Waals surface area contributed by atoms with E-state index in [-0.39, 0.29) is 5.91 Å². The lowest BCUT2D eigenvalue weighted by Crippen LogP contribution is -2.16. The van der Waals surface area contributed by atoms with E-state index in [0.29, 0.717) is 34.3 Å². The molecule has 28 heavy (non-hydrogen) atoms. The number of unbranched alkanes of at least 4 members (excludes halogenated alkanes) is 2.